The molecule has 0 aromatic carbocycles. The average Bonchev–Trinajstić information content (AvgIpc) is 2.27. The van der Waals surface area contributed by atoms with Crippen LogP contribution in [0.3, 0.4) is 0 Å². The first-order valence-corrected chi connectivity index (χ1v) is 5.95. The first-order chi connectivity index (χ1) is 7.59. The van der Waals surface area contributed by atoms with E-state index in [1.165, 1.54) is 5.57 Å². The highest BCUT2D eigenvalue weighted by molar-refractivity contribution is 5.85. The first-order valence-electron chi connectivity index (χ1n) is 5.95. The van der Waals surface area contributed by atoms with Gasteiger partial charge in [0.1, 0.15) is 0 Å². The summed E-state index contributed by atoms with van der Waals surface area (Å²) in [4.78, 5) is 13.6. The summed E-state index contributed by atoms with van der Waals surface area (Å²) in [6, 6.07) is 0.406. The van der Waals surface area contributed by atoms with Crippen molar-refractivity contribution in [3.8, 4) is 0 Å². The highest BCUT2D eigenvalue weighted by atomic mass is 35.5. The molecule has 18 heavy (non-hydrogen) atoms. The molecule has 0 saturated carbocycles. The maximum absolute atomic E-state index is 11.6. The van der Waals surface area contributed by atoms with Gasteiger partial charge in [-0.25, -0.2) is 0 Å². The summed E-state index contributed by atoms with van der Waals surface area (Å²) in [5.41, 5.74) is 1.33. The summed E-state index contributed by atoms with van der Waals surface area (Å²) >= 11 is 0. The van der Waals surface area contributed by atoms with Crippen LogP contribution in [0, 0.1) is 0 Å². The van der Waals surface area contributed by atoms with E-state index >= 15 is 0 Å². The molecule has 1 heterocycles. The Morgan fingerprint density at radius 2 is 2.17 bits per heavy atom. The SMILES string of the molecule is CC(C)N(C)CC(=O)NCC1=CCNCC1.Cl.Cl. The molecule has 4 nitrogen and oxygen atoms in total. The van der Waals surface area contributed by atoms with Crippen LogP contribution in [-0.2, 0) is 4.79 Å². The maximum Gasteiger partial charge on any atom is 0.234 e. The number of likely N-dealkylation sites (N-methyl/N-ethyl adjacent to an activating group) is 1. The van der Waals surface area contributed by atoms with Crippen molar-refractivity contribution in [1.82, 2.24) is 15.5 Å². The summed E-state index contributed by atoms with van der Waals surface area (Å²) < 4.78 is 0. The van der Waals surface area contributed by atoms with Crippen LogP contribution in [0.25, 0.3) is 0 Å². The lowest BCUT2D eigenvalue weighted by Crippen LogP contribution is -2.39. The van der Waals surface area contributed by atoms with Crippen LogP contribution < -0.4 is 10.6 Å². The van der Waals surface area contributed by atoms with Crippen molar-refractivity contribution in [2.45, 2.75) is 26.3 Å². The zero-order chi connectivity index (χ0) is 12.0. The van der Waals surface area contributed by atoms with Gasteiger partial charge in [0.25, 0.3) is 0 Å². The van der Waals surface area contributed by atoms with Gasteiger partial charge in [0.2, 0.25) is 5.91 Å². The minimum atomic E-state index is 0. The Hall–Kier alpha value is -0.290. The smallest absolute Gasteiger partial charge is 0.234 e. The minimum Gasteiger partial charge on any atom is -0.351 e. The topological polar surface area (TPSA) is 44.4 Å². The minimum absolute atomic E-state index is 0. The molecule has 0 unspecified atom stereocenters. The quantitative estimate of drug-likeness (QED) is 0.750. The van der Waals surface area contributed by atoms with Crippen molar-refractivity contribution < 1.29 is 4.79 Å². The molecule has 0 aliphatic carbocycles. The van der Waals surface area contributed by atoms with E-state index in [0.29, 0.717) is 19.1 Å². The fourth-order valence-corrected chi connectivity index (χ4v) is 1.51. The average molecular weight is 298 g/mol. The number of hydrogen-bond acceptors (Lipinski definition) is 3. The third kappa shape index (κ3) is 7.93. The monoisotopic (exact) mass is 297 g/mol. The molecular formula is C12H25Cl2N3O. The molecule has 0 aromatic rings. The van der Waals surface area contributed by atoms with Gasteiger partial charge < -0.3 is 10.6 Å². The molecule has 0 bridgehead atoms. The number of hydrogen-bond donors (Lipinski definition) is 2. The molecule has 1 aliphatic heterocycles. The van der Waals surface area contributed by atoms with Gasteiger partial charge in [-0.2, -0.15) is 0 Å². The summed E-state index contributed by atoms with van der Waals surface area (Å²) in [7, 11) is 1.97. The lowest BCUT2D eigenvalue weighted by molar-refractivity contribution is -0.122. The van der Waals surface area contributed by atoms with Crippen LogP contribution >= 0.6 is 24.8 Å². The second-order valence-electron chi connectivity index (χ2n) is 4.60. The van der Waals surface area contributed by atoms with Crippen molar-refractivity contribution in [1.29, 1.82) is 0 Å². The van der Waals surface area contributed by atoms with Crippen molar-refractivity contribution in [2.75, 3.05) is 33.2 Å². The van der Waals surface area contributed by atoms with Gasteiger partial charge in [0.05, 0.1) is 6.54 Å². The third-order valence-corrected chi connectivity index (χ3v) is 2.95. The Morgan fingerprint density at radius 3 is 2.67 bits per heavy atom. The number of carbonyl (C=O) groups is 1. The molecule has 108 valence electrons. The molecule has 0 spiro atoms. The second kappa shape index (κ2) is 10.6. The standard InChI is InChI=1S/C12H23N3O.2ClH/c1-10(2)15(3)9-12(16)14-8-11-4-6-13-7-5-11;;/h4,10,13H,5-9H2,1-3H3,(H,14,16);2*1H. The molecule has 6 heteroatoms. The van der Waals surface area contributed by atoms with E-state index in [9.17, 15) is 4.79 Å². The van der Waals surface area contributed by atoms with Gasteiger partial charge in [-0.15, -0.1) is 24.8 Å². The normalized spacial score (nSPS) is 14.6. The molecule has 1 rings (SSSR count). The van der Waals surface area contributed by atoms with Crippen LogP contribution in [0.5, 0.6) is 0 Å². The Morgan fingerprint density at radius 1 is 1.50 bits per heavy atom. The predicted molar refractivity (Wildman–Crippen MR) is 80.8 cm³/mol. The molecule has 0 fully saturated rings. The van der Waals surface area contributed by atoms with E-state index in [0.717, 1.165) is 19.5 Å². The van der Waals surface area contributed by atoms with E-state index in [1.54, 1.807) is 0 Å². The van der Waals surface area contributed by atoms with Gasteiger partial charge in [0.15, 0.2) is 0 Å². The third-order valence-electron chi connectivity index (χ3n) is 2.95. The second-order valence-corrected chi connectivity index (χ2v) is 4.60. The number of carbonyl (C=O) groups excluding carboxylic acids is 1. The van der Waals surface area contributed by atoms with E-state index < -0.39 is 0 Å². The number of nitrogens with one attached hydrogen (secondary N) is 2. The van der Waals surface area contributed by atoms with Crippen molar-refractivity contribution in [3.05, 3.63) is 11.6 Å². The van der Waals surface area contributed by atoms with E-state index in [4.69, 9.17) is 0 Å². The van der Waals surface area contributed by atoms with E-state index in [-0.39, 0.29) is 30.7 Å². The van der Waals surface area contributed by atoms with Gasteiger partial charge in [0, 0.05) is 19.1 Å². The largest absolute Gasteiger partial charge is 0.351 e. The van der Waals surface area contributed by atoms with Crippen molar-refractivity contribution in [3.63, 3.8) is 0 Å². The number of halogens is 2. The zero-order valence-corrected chi connectivity index (χ0v) is 13.0. The summed E-state index contributed by atoms with van der Waals surface area (Å²) in [5, 5.41) is 6.21. The van der Waals surface area contributed by atoms with Gasteiger partial charge in [-0.3, -0.25) is 9.69 Å². The zero-order valence-electron chi connectivity index (χ0n) is 11.4. The summed E-state index contributed by atoms with van der Waals surface area (Å²) in [5.74, 6) is 0.107. The fourth-order valence-electron chi connectivity index (χ4n) is 1.51. The molecule has 2 N–H and O–H groups in total. The van der Waals surface area contributed by atoms with Gasteiger partial charge >= 0.3 is 0 Å². The number of nitrogens with zero attached hydrogens (tertiary/aromatic N) is 1. The van der Waals surface area contributed by atoms with Crippen molar-refractivity contribution >= 4 is 30.7 Å². The molecule has 0 saturated heterocycles. The maximum atomic E-state index is 11.6. The van der Waals surface area contributed by atoms with E-state index in [2.05, 4.69) is 30.6 Å². The van der Waals surface area contributed by atoms with Crippen LogP contribution in [-0.4, -0.2) is 50.1 Å². The fraction of sp³-hybridized carbons (Fsp3) is 0.750. The highest BCUT2D eigenvalue weighted by Crippen LogP contribution is 2.02. The summed E-state index contributed by atoms with van der Waals surface area (Å²) in [6.45, 7) is 7.30. The first kappa shape index (κ1) is 20.0. The Balaban J connectivity index is 0. The molecule has 1 aliphatic rings. The van der Waals surface area contributed by atoms with Crippen molar-refractivity contribution in [2.24, 2.45) is 0 Å². The van der Waals surface area contributed by atoms with Crippen LogP contribution in [0.2, 0.25) is 0 Å². The van der Waals surface area contributed by atoms with E-state index in [1.807, 2.05) is 11.9 Å². The molecule has 0 atom stereocenters. The van der Waals surface area contributed by atoms with Gasteiger partial charge in [-0.05, 0) is 33.9 Å². The molecule has 1 amide bonds. The number of rotatable bonds is 5. The predicted octanol–water partition coefficient (Wildman–Crippen LogP) is 1.21. The molecular weight excluding hydrogens is 273 g/mol. The van der Waals surface area contributed by atoms with Gasteiger partial charge in [-0.1, -0.05) is 11.6 Å². The lowest BCUT2D eigenvalue weighted by Gasteiger charge is -2.21. The summed E-state index contributed by atoms with van der Waals surface area (Å²) in [6.07, 6.45) is 3.20. The Kier molecular flexibility index (Phi) is 11.8. The van der Waals surface area contributed by atoms with Crippen LogP contribution in [0.1, 0.15) is 20.3 Å². The van der Waals surface area contributed by atoms with Crippen LogP contribution in [0.15, 0.2) is 11.6 Å². The molecule has 0 aromatic heterocycles. The molecule has 0 radical (unpaired) electrons. The van der Waals surface area contributed by atoms with Crippen LogP contribution in [0.4, 0.5) is 0 Å². The number of amides is 1. The Labute approximate surface area is 122 Å². The highest BCUT2D eigenvalue weighted by Gasteiger charge is 2.10. The Bertz CT molecular complexity index is 270. The lowest BCUT2D eigenvalue weighted by atomic mass is 10.1.